The van der Waals surface area contributed by atoms with Gasteiger partial charge in [-0.2, -0.15) is 0 Å². The lowest BCUT2D eigenvalue weighted by Crippen LogP contribution is -2.00. The maximum absolute atomic E-state index is 11.5. The van der Waals surface area contributed by atoms with Crippen LogP contribution in [0.5, 0.6) is 5.75 Å². The molecule has 2 rings (SSSR count). The number of rotatable bonds is 4. The average molecular weight is 249 g/mol. The van der Waals surface area contributed by atoms with Crippen LogP contribution in [0, 0.1) is 0 Å². The number of alkyl halides is 1. The summed E-state index contributed by atoms with van der Waals surface area (Å²) in [5.41, 5.74) is 0.721. The topological polar surface area (TPSA) is 26.3 Å². The molecule has 2 aromatic carbocycles. The summed E-state index contributed by atoms with van der Waals surface area (Å²) in [4.78, 5) is 11.5. The second-order valence-electron chi connectivity index (χ2n) is 3.75. The van der Waals surface area contributed by atoms with E-state index in [9.17, 15) is 4.79 Å². The van der Waals surface area contributed by atoms with Gasteiger partial charge in [-0.05, 0) is 24.4 Å². The molecule has 88 valence electrons. The number of benzene rings is 2. The minimum Gasteiger partial charge on any atom is -0.492 e. The van der Waals surface area contributed by atoms with E-state index in [0.717, 1.165) is 22.1 Å². The zero-order chi connectivity index (χ0) is 12.3. The molecule has 3 heteroatoms. The Bertz CT molecular complexity index is 549. The first-order valence-electron chi connectivity index (χ1n) is 5.45. The van der Waals surface area contributed by atoms with Crippen LogP contribution in [-0.4, -0.2) is 18.3 Å². The summed E-state index contributed by atoms with van der Waals surface area (Å²) in [5.74, 6) is 1.28. The maximum Gasteiger partial charge on any atom is 0.160 e. The van der Waals surface area contributed by atoms with Crippen LogP contribution in [0.2, 0.25) is 0 Å². The van der Waals surface area contributed by atoms with E-state index >= 15 is 0 Å². The van der Waals surface area contributed by atoms with Crippen molar-refractivity contribution in [2.24, 2.45) is 0 Å². The van der Waals surface area contributed by atoms with Crippen molar-refractivity contribution in [3.63, 3.8) is 0 Å². The third-order valence-corrected chi connectivity index (χ3v) is 2.75. The van der Waals surface area contributed by atoms with Gasteiger partial charge in [0, 0.05) is 10.9 Å². The SMILES string of the molecule is CC(=O)c1ccc(OCCCl)c2ccccc12. The van der Waals surface area contributed by atoms with E-state index in [2.05, 4.69) is 0 Å². The third-order valence-electron chi connectivity index (χ3n) is 2.60. The summed E-state index contributed by atoms with van der Waals surface area (Å²) < 4.78 is 5.56. The zero-order valence-electron chi connectivity index (χ0n) is 9.57. The number of ether oxygens (including phenoxy) is 1. The van der Waals surface area contributed by atoms with Crippen molar-refractivity contribution in [2.45, 2.75) is 6.92 Å². The fourth-order valence-electron chi connectivity index (χ4n) is 1.85. The highest BCUT2D eigenvalue weighted by atomic mass is 35.5. The molecule has 0 fully saturated rings. The molecule has 0 aliphatic rings. The predicted molar refractivity (Wildman–Crippen MR) is 70.2 cm³/mol. The normalized spacial score (nSPS) is 10.5. The van der Waals surface area contributed by atoms with Crippen LogP contribution in [0.3, 0.4) is 0 Å². The van der Waals surface area contributed by atoms with Crippen molar-refractivity contribution in [1.82, 2.24) is 0 Å². The van der Waals surface area contributed by atoms with Gasteiger partial charge >= 0.3 is 0 Å². The summed E-state index contributed by atoms with van der Waals surface area (Å²) in [7, 11) is 0. The summed E-state index contributed by atoms with van der Waals surface area (Å²) in [6, 6.07) is 11.4. The number of carbonyl (C=O) groups is 1. The first kappa shape index (κ1) is 11.9. The van der Waals surface area contributed by atoms with Crippen molar-refractivity contribution >= 4 is 28.2 Å². The van der Waals surface area contributed by atoms with Crippen LogP contribution >= 0.6 is 11.6 Å². The van der Waals surface area contributed by atoms with E-state index < -0.39 is 0 Å². The number of hydrogen-bond donors (Lipinski definition) is 0. The Hall–Kier alpha value is -1.54. The summed E-state index contributed by atoms with van der Waals surface area (Å²) >= 11 is 5.61. The molecule has 0 heterocycles. The molecule has 0 aliphatic carbocycles. The molecule has 0 atom stereocenters. The van der Waals surface area contributed by atoms with Gasteiger partial charge in [0.25, 0.3) is 0 Å². The molecule has 0 N–H and O–H groups in total. The van der Waals surface area contributed by atoms with E-state index in [1.807, 2.05) is 30.3 Å². The van der Waals surface area contributed by atoms with E-state index in [1.165, 1.54) is 0 Å². The van der Waals surface area contributed by atoms with E-state index in [-0.39, 0.29) is 5.78 Å². The summed E-state index contributed by atoms with van der Waals surface area (Å²) in [5, 5.41) is 1.87. The maximum atomic E-state index is 11.5. The molecule has 2 nitrogen and oxygen atoms in total. The lowest BCUT2D eigenvalue weighted by atomic mass is 10.0. The smallest absolute Gasteiger partial charge is 0.160 e. The lowest BCUT2D eigenvalue weighted by molar-refractivity contribution is 0.101. The lowest BCUT2D eigenvalue weighted by Gasteiger charge is -2.10. The van der Waals surface area contributed by atoms with Crippen molar-refractivity contribution in [2.75, 3.05) is 12.5 Å². The number of hydrogen-bond acceptors (Lipinski definition) is 2. The van der Waals surface area contributed by atoms with Crippen LogP contribution in [0.15, 0.2) is 36.4 Å². The van der Waals surface area contributed by atoms with Crippen molar-refractivity contribution in [3.8, 4) is 5.75 Å². The standard InChI is InChI=1S/C14H13ClO2/c1-10(16)11-6-7-14(17-9-8-15)13-5-3-2-4-12(11)13/h2-7H,8-9H2,1H3. The number of carbonyl (C=O) groups excluding carboxylic acids is 1. The Labute approximate surface area is 105 Å². The number of Topliss-reactive ketones (excluding diaryl/α,β-unsaturated/α-hetero) is 1. The van der Waals surface area contributed by atoms with Gasteiger partial charge < -0.3 is 4.74 Å². The highest BCUT2D eigenvalue weighted by molar-refractivity contribution is 6.18. The van der Waals surface area contributed by atoms with Gasteiger partial charge in [0.05, 0.1) is 5.88 Å². The molecule has 0 spiro atoms. The van der Waals surface area contributed by atoms with Gasteiger partial charge in [-0.15, -0.1) is 11.6 Å². The molecule has 0 amide bonds. The van der Waals surface area contributed by atoms with Crippen LogP contribution in [0.1, 0.15) is 17.3 Å². The molecule has 0 aromatic heterocycles. The molecular formula is C14H13ClO2. The monoisotopic (exact) mass is 248 g/mol. The number of ketones is 1. The minimum absolute atomic E-state index is 0.0603. The van der Waals surface area contributed by atoms with E-state index in [0.29, 0.717) is 12.5 Å². The van der Waals surface area contributed by atoms with Gasteiger partial charge in [0.2, 0.25) is 0 Å². The Morgan fingerprint density at radius 1 is 1.18 bits per heavy atom. The second kappa shape index (κ2) is 5.19. The first-order valence-corrected chi connectivity index (χ1v) is 5.99. The van der Waals surface area contributed by atoms with Crippen molar-refractivity contribution < 1.29 is 9.53 Å². The Balaban J connectivity index is 2.58. The number of fused-ring (bicyclic) bond motifs is 1. The van der Waals surface area contributed by atoms with Crippen molar-refractivity contribution in [1.29, 1.82) is 0 Å². The Kier molecular flexibility index (Phi) is 3.64. The zero-order valence-corrected chi connectivity index (χ0v) is 10.3. The predicted octanol–water partition coefficient (Wildman–Crippen LogP) is 3.66. The highest BCUT2D eigenvalue weighted by Crippen LogP contribution is 2.28. The van der Waals surface area contributed by atoms with E-state index in [1.54, 1.807) is 13.0 Å². The molecule has 0 saturated carbocycles. The van der Waals surface area contributed by atoms with Crippen LogP contribution in [0.25, 0.3) is 10.8 Å². The van der Waals surface area contributed by atoms with Gasteiger partial charge in [0.15, 0.2) is 5.78 Å². The molecule has 2 aromatic rings. The third kappa shape index (κ3) is 2.42. The molecule has 0 radical (unpaired) electrons. The first-order chi connectivity index (χ1) is 8.24. The molecule has 0 bridgehead atoms. The fourth-order valence-corrected chi connectivity index (χ4v) is 1.93. The van der Waals surface area contributed by atoms with Crippen LogP contribution in [0.4, 0.5) is 0 Å². The average Bonchev–Trinajstić information content (AvgIpc) is 2.35. The van der Waals surface area contributed by atoms with Gasteiger partial charge in [-0.25, -0.2) is 0 Å². The minimum atomic E-state index is 0.0603. The van der Waals surface area contributed by atoms with Gasteiger partial charge in [-0.1, -0.05) is 24.3 Å². The van der Waals surface area contributed by atoms with Gasteiger partial charge in [0.1, 0.15) is 12.4 Å². The molecular weight excluding hydrogens is 236 g/mol. The second-order valence-corrected chi connectivity index (χ2v) is 4.13. The molecule has 0 unspecified atom stereocenters. The quantitative estimate of drug-likeness (QED) is 0.610. The van der Waals surface area contributed by atoms with Crippen LogP contribution in [-0.2, 0) is 0 Å². The van der Waals surface area contributed by atoms with E-state index in [4.69, 9.17) is 16.3 Å². The largest absolute Gasteiger partial charge is 0.492 e. The molecule has 17 heavy (non-hydrogen) atoms. The summed E-state index contributed by atoms with van der Waals surface area (Å²) in [6.07, 6.45) is 0. The van der Waals surface area contributed by atoms with Crippen molar-refractivity contribution in [3.05, 3.63) is 42.0 Å². The Morgan fingerprint density at radius 2 is 1.88 bits per heavy atom. The van der Waals surface area contributed by atoms with Crippen LogP contribution < -0.4 is 4.74 Å². The number of halogens is 1. The molecule has 0 saturated heterocycles. The van der Waals surface area contributed by atoms with Gasteiger partial charge in [-0.3, -0.25) is 4.79 Å². The fraction of sp³-hybridized carbons (Fsp3) is 0.214. The highest BCUT2D eigenvalue weighted by Gasteiger charge is 2.09. The molecule has 0 aliphatic heterocycles. The Morgan fingerprint density at radius 3 is 2.53 bits per heavy atom. The summed E-state index contributed by atoms with van der Waals surface area (Å²) in [6.45, 7) is 2.03.